The Morgan fingerprint density at radius 1 is 1.22 bits per heavy atom. The third-order valence-corrected chi connectivity index (χ3v) is 2.87. The van der Waals surface area contributed by atoms with Crippen LogP contribution in [0.5, 0.6) is 11.5 Å². The van der Waals surface area contributed by atoms with Gasteiger partial charge in [-0.3, -0.25) is 9.48 Å². The van der Waals surface area contributed by atoms with Gasteiger partial charge < -0.3 is 14.8 Å². The average molecular weight is 329 g/mol. The fraction of sp³-hybridized carbons (Fsp3) is 0.286. The Balaban J connectivity index is 2.06. The van der Waals surface area contributed by atoms with Gasteiger partial charge in [-0.25, -0.2) is 0 Å². The lowest BCUT2D eigenvalue weighted by molar-refractivity contribution is -0.141. The Labute approximate surface area is 129 Å². The van der Waals surface area contributed by atoms with Crippen molar-refractivity contribution in [3.05, 3.63) is 36.2 Å². The van der Waals surface area contributed by atoms with Crippen LogP contribution in [0.2, 0.25) is 0 Å². The number of hydrogen-bond donors (Lipinski definition) is 1. The second kappa shape index (κ2) is 6.59. The minimum atomic E-state index is -4.54. The monoisotopic (exact) mass is 329 g/mol. The highest BCUT2D eigenvalue weighted by Crippen LogP contribution is 2.27. The summed E-state index contributed by atoms with van der Waals surface area (Å²) >= 11 is 0. The van der Waals surface area contributed by atoms with E-state index < -0.39 is 17.8 Å². The molecule has 2 aromatic rings. The Hall–Kier alpha value is -2.71. The molecule has 0 unspecified atom stereocenters. The summed E-state index contributed by atoms with van der Waals surface area (Å²) in [5.74, 6) is 0.410. The summed E-state index contributed by atoms with van der Waals surface area (Å²) in [6.45, 7) is -0.352. The van der Waals surface area contributed by atoms with Crippen molar-refractivity contribution in [2.45, 2.75) is 12.7 Å². The van der Waals surface area contributed by atoms with E-state index >= 15 is 0 Å². The quantitative estimate of drug-likeness (QED) is 0.916. The molecular formula is C14H14F3N3O3. The number of benzene rings is 1. The number of anilines is 1. The number of methoxy groups -OCH3 is 2. The van der Waals surface area contributed by atoms with Crippen molar-refractivity contribution < 1.29 is 27.4 Å². The van der Waals surface area contributed by atoms with Gasteiger partial charge in [-0.1, -0.05) is 0 Å². The molecule has 1 N–H and O–H groups in total. The summed E-state index contributed by atoms with van der Waals surface area (Å²) in [6, 6.07) is 5.55. The number of aromatic nitrogens is 2. The van der Waals surface area contributed by atoms with Crippen molar-refractivity contribution in [3.8, 4) is 11.5 Å². The first-order valence-electron chi connectivity index (χ1n) is 6.45. The molecule has 0 bridgehead atoms. The minimum absolute atomic E-state index is 0.352. The Morgan fingerprint density at radius 2 is 1.83 bits per heavy atom. The van der Waals surface area contributed by atoms with Gasteiger partial charge in [-0.2, -0.15) is 18.3 Å². The summed E-state index contributed by atoms with van der Waals surface area (Å²) in [7, 11) is 2.92. The molecule has 0 aliphatic heterocycles. The molecule has 1 heterocycles. The molecule has 0 fully saturated rings. The van der Waals surface area contributed by atoms with E-state index in [1.54, 1.807) is 18.2 Å². The third kappa shape index (κ3) is 4.38. The summed E-state index contributed by atoms with van der Waals surface area (Å²) in [4.78, 5) is 11.9. The third-order valence-electron chi connectivity index (χ3n) is 2.87. The summed E-state index contributed by atoms with van der Waals surface area (Å²) in [5.41, 5.74) is -0.650. The molecule has 0 atom stereocenters. The number of amides is 1. The van der Waals surface area contributed by atoms with Crippen LogP contribution >= 0.6 is 0 Å². The van der Waals surface area contributed by atoms with Gasteiger partial charge in [-0.05, 0) is 6.07 Å². The molecule has 124 valence electrons. The van der Waals surface area contributed by atoms with Gasteiger partial charge in [0, 0.05) is 30.1 Å². The first-order chi connectivity index (χ1) is 10.8. The molecule has 0 saturated heterocycles. The molecule has 1 amide bonds. The fourth-order valence-electron chi connectivity index (χ4n) is 1.83. The smallest absolute Gasteiger partial charge is 0.435 e. The van der Waals surface area contributed by atoms with Crippen molar-refractivity contribution in [3.63, 3.8) is 0 Å². The topological polar surface area (TPSA) is 65.4 Å². The van der Waals surface area contributed by atoms with Crippen molar-refractivity contribution in [2.75, 3.05) is 19.5 Å². The Kier molecular flexibility index (Phi) is 4.77. The zero-order chi connectivity index (χ0) is 17.0. The molecule has 2 rings (SSSR count). The van der Waals surface area contributed by atoms with Crippen molar-refractivity contribution in [1.82, 2.24) is 9.78 Å². The number of ether oxygens (including phenoxy) is 2. The van der Waals surface area contributed by atoms with Crippen LogP contribution in [0.3, 0.4) is 0 Å². The zero-order valence-electron chi connectivity index (χ0n) is 12.3. The zero-order valence-corrected chi connectivity index (χ0v) is 12.3. The van der Waals surface area contributed by atoms with E-state index in [0.29, 0.717) is 17.2 Å². The van der Waals surface area contributed by atoms with Crippen LogP contribution in [0, 0.1) is 0 Å². The molecule has 9 heteroatoms. The molecule has 0 aliphatic carbocycles. The molecule has 6 nitrogen and oxygen atoms in total. The molecule has 23 heavy (non-hydrogen) atoms. The van der Waals surface area contributed by atoms with Crippen LogP contribution in [-0.4, -0.2) is 29.9 Å². The predicted octanol–water partition coefficient (Wildman–Crippen LogP) is 2.56. The maximum atomic E-state index is 12.4. The van der Waals surface area contributed by atoms with E-state index in [0.717, 1.165) is 16.9 Å². The van der Waals surface area contributed by atoms with Crippen LogP contribution in [0.1, 0.15) is 5.69 Å². The second-order valence-electron chi connectivity index (χ2n) is 4.55. The van der Waals surface area contributed by atoms with Crippen LogP contribution in [-0.2, 0) is 17.5 Å². The van der Waals surface area contributed by atoms with Gasteiger partial charge in [0.15, 0.2) is 5.69 Å². The van der Waals surface area contributed by atoms with E-state index in [4.69, 9.17) is 9.47 Å². The van der Waals surface area contributed by atoms with Gasteiger partial charge in [-0.15, -0.1) is 0 Å². The lowest BCUT2D eigenvalue weighted by Crippen LogP contribution is -2.19. The normalized spacial score (nSPS) is 11.2. The van der Waals surface area contributed by atoms with Gasteiger partial charge >= 0.3 is 6.18 Å². The predicted molar refractivity (Wildman–Crippen MR) is 75.4 cm³/mol. The maximum absolute atomic E-state index is 12.4. The van der Waals surface area contributed by atoms with Crippen molar-refractivity contribution >= 4 is 11.6 Å². The highest BCUT2D eigenvalue weighted by Gasteiger charge is 2.33. The second-order valence-corrected chi connectivity index (χ2v) is 4.55. The SMILES string of the molecule is COc1cc(NC(=O)Cn2ccc(C(F)(F)F)n2)cc(OC)c1. The van der Waals surface area contributed by atoms with E-state index in [1.165, 1.54) is 14.2 Å². The fourth-order valence-corrected chi connectivity index (χ4v) is 1.83. The Bertz CT molecular complexity index is 676. The molecule has 1 aromatic heterocycles. The number of hydrogen-bond acceptors (Lipinski definition) is 4. The standard InChI is InChI=1S/C14H14F3N3O3/c1-22-10-5-9(6-11(7-10)23-2)18-13(21)8-20-4-3-12(19-20)14(15,16)17/h3-7H,8H2,1-2H3,(H,18,21). The van der Waals surface area contributed by atoms with Crippen LogP contribution in [0.4, 0.5) is 18.9 Å². The highest BCUT2D eigenvalue weighted by atomic mass is 19.4. The first kappa shape index (κ1) is 16.7. The summed E-state index contributed by atoms with van der Waals surface area (Å²) in [6.07, 6.45) is -3.45. The molecule has 0 aliphatic rings. The van der Waals surface area contributed by atoms with Crippen molar-refractivity contribution in [2.24, 2.45) is 0 Å². The molecule has 1 aromatic carbocycles. The minimum Gasteiger partial charge on any atom is -0.497 e. The van der Waals surface area contributed by atoms with Gasteiger partial charge in [0.2, 0.25) is 5.91 Å². The van der Waals surface area contributed by atoms with Crippen molar-refractivity contribution in [1.29, 1.82) is 0 Å². The highest BCUT2D eigenvalue weighted by molar-refractivity contribution is 5.91. The number of halogens is 3. The van der Waals surface area contributed by atoms with E-state index in [2.05, 4.69) is 10.4 Å². The molecule has 0 saturated carbocycles. The summed E-state index contributed by atoms with van der Waals surface area (Å²) in [5, 5.41) is 5.86. The number of nitrogens with zero attached hydrogens (tertiary/aromatic N) is 2. The van der Waals surface area contributed by atoms with Crippen LogP contribution < -0.4 is 14.8 Å². The van der Waals surface area contributed by atoms with Gasteiger partial charge in [0.1, 0.15) is 18.0 Å². The van der Waals surface area contributed by atoms with E-state index in [-0.39, 0.29) is 6.54 Å². The molecule has 0 spiro atoms. The maximum Gasteiger partial charge on any atom is 0.435 e. The first-order valence-corrected chi connectivity index (χ1v) is 6.45. The van der Waals surface area contributed by atoms with Gasteiger partial charge in [0.05, 0.1) is 14.2 Å². The van der Waals surface area contributed by atoms with E-state index in [1.807, 2.05) is 0 Å². The number of nitrogens with one attached hydrogen (secondary N) is 1. The van der Waals surface area contributed by atoms with Gasteiger partial charge in [0.25, 0.3) is 0 Å². The number of rotatable bonds is 5. The number of carbonyl (C=O) groups excluding carboxylic acids is 1. The lowest BCUT2D eigenvalue weighted by atomic mass is 10.2. The largest absolute Gasteiger partial charge is 0.497 e. The number of carbonyl (C=O) groups is 1. The molecular weight excluding hydrogens is 315 g/mol. The van der Waals surface area contributed by atoms with Crippen LogP contribution in [0.25, 0.3) is 0 Å². The van der Waals surface area contributed by atoms with E-state index in [9.17, 15) is 18.0 Å². The molecule has 0 radical (unpaired) electrons. The average Bonchev–Trinajstić information content (AvgIpc) is 2.95. The lowest BCUT2D eigenvalue weighted by Gasteiger charge is -2.10. The Morgan fingerprint density at radius 3 is 2.30 bits per heavy atom. The summed E-state index contributed by atoms with van der Waals surface area (Å²) < 4.78 is 48.4. The number of alkyl halides is 3. The van der Waals surface area contributed by atoms with Crippen LogP contribution in [0.15, 0.2) is 30.5 Å².